The van der Waals surface area contributed by atoms with Crippen LogP contribution < -0.4 is 19.1 Å². The van der Waals surface area contributed by atoms with E-state index in [9.17, 15) is 14.7 Å². The highest BCUT2D eigenvalue weighted by Gasteiger charge is 2.49. The minimum absolute atomic E-state index is 0.0805. The summed E-state index contributed by atoms with van der Waals surface area (Å²) in [5, 5.41) is 12.2. The normalized spacial score (nSPS) is 16.2. The van der Waals surface area contributed by atoms with Crippen LogP contribution in [0.2, 0.25) is 0 Å². The lowest BCUT2D eigenvalue weighted by atomic mass is 9.96. The van der Waals surface area contributed by atoms with E-state index in [-0.39, 0.29) is 17.0 Å². The fraction of sp³-hybridized carbons (Fsp3) is 0.294. The Hall–Kier alpha value is -4.90. The van der Waals surface area contributed by atoms with Crippen molar-refractivity contribution < 1.29 is 28.9 Å². The van der Waals surface area contributed by atoms with Gasteiger partial charge in [0.25, 0.3) is 5.78 Å². The molecular formula is C34H34N4O6S. The Labute approximate surface area is 264 Å². The molecular weight excluding hydrogens is 592 g/mol. The maximum absolute atomic E-state index is 13.9. The number of benzene rings is 2. The number of aromatic nitrogens is 3. The van der Waals surface area contributed by atoms with Gasteiger partial charge in [-0.25, -0.2) is 9.97 Å². The van der Waals surface area contributed by atoms with Crippen LogP contribution in [0.25, 0.3) is 21.6 Å². The van der Waals surface area contributed by atoms with Gasteiger partial charge in [0.15, 0.2) is 22.4 Å². The van der Waals surface area contributed by atoms with Crippen molar-refractivity contribution >= 4 is 49.8 Å². The lowest BCUT2D eigenvalue weighted by Gasteiger charge is -2.24. The number of aryl methyl sites for hydroxylation is 2. The SMILES string of the molecule is CCCOc1ccc(C2C(=C(O)c3nc4c(C)cccn4c3C)C(=O)C(=O)N2c2nc3ccc(OCC)cc3s2)cc1OCC. The Morgan fingerprint density at radius 2 is 1.76 bits per heavy atom. The third-order valence-corrected chi connectivity index (χ3v) is 8.68. The molecule has 5 aromatic rings. The van der Waals surface area contributed by atoms with Crippen LogP contribution in [-0.2, 0) is 9.59 Å². The minimum atomic E-state index is -1.01. The number of rotatable bonds is 10. The number of aliphatic hydroxyl groups is 1. The van der Waals surface area contributed by atoms with Crippen molar-refractivity contribution in [3.63, 3.8) is 0 Å². The highest BCUT2D eigenvalue weighted by molar-refractivity contribution is 7.22. The molecule has 4 heterocycles. The highest BCUT2D eigenvalue weighted by Crippen LogP contribution is 2.46. The Kier molecular flexibility index (Phi) is 8.20. The standard InChI is InChI=1S/C34H34N4O6S/c1-6-16-44-24-14-11-21(17-25(24)43-8-3)29-27(30(39)28-20(5)37-15-9-10-19(4)32(37)36-28)31(40)33(41)38(29)34-35-23-13-12-22(42-7-2)18-26(23)45-34/h9-15,17-18,29,39H,6-8,16H2,1-5H3. The number of amides is 1. The van der Waals surface area contributed by atoms with Crippen LogP contribution in [0, 0.1) is 13.8 Å². The van der Waals surface area contributed by atoms with Crippen LogP contribution in [0.1, 0.15) is 55.7 Å². The van der Waals surface area contributed by atoms with Crippen LogP contribution in [0.15, 0.2) is 60.3 Å². The van der Waals surface area contributed by atoms with Crippen LogP contribution >= 0.6 is 11.3 Å². The second kappa shape index (κ2) is 12.2. The van der Waals surface area contributed by atoms with Crippen molar-refractivity contribution in [3.05, 3.63) is 82.8 Å². The molecule has 232 valence electrons. The number of carbonyl (C=O) groups is 2. The molecule has 0 radical (unpaired) electrons. The first-order valence-corrected chi connectivity index (χ1v) is 15.8. The number of aliphatic hydroxyl groups excluding tert-OH is 1. The quantitative estimate of drug-likeness (QED) is 0.103. The van der Waals surface area contributed by atoms with Crippen LogP contribution in [0.3, 0.4) is 0 Å². The molecule has 1 unspecified atom stereocenters. The number of ketones is 1. The molecule has 6 rings (SSSR count). The smallest absolute Gasteiger partial charge is 0.301 e. The monoisotopic (exact) mass is 626 g/mol. The van der Waals surface area contributed by atoms with Gasteiger partial charge in [-0.1, -0.05) is 30.4 Å². The number of hydrogen-bond donors (Lipinski definition) is 1. The zero-order valence-corrected chi connectivity index (χ0v) is 26.6. The Morgan fingerprint density at radius 1 is 0.956 bits per heavy atom. The first kappa shape index (κ1) is 30.1. The molecule has 1 N–H and O–H groups in total. The lowest BCUT2D eigenvalue weighted by molar-refractivity contribution is -0.132. The molecule has 0 spiro atoms. The second-order valence-corrected chi connectivity index (χ2v) is 11.7. The third kappa shape index (κ3) is 5.27. The van der Waals surface area contributed by atoms with Crippen LogP contribution in [-0.4, -0.2) is 51.0 Å². The molecule has 45 heavy (non-hydrogen) atoms. The van der Waals surface area contributed by atoms with E-state index in [4.69, 9.17) is 24.2 Å². The molecule has 0 aliphatic carbocycles. The summed E-state index contributed by atoms with van der Waals surface area (Å²) in [6.07, 6.45) is 2.66. The topological polar surface area (TPSA) is 115 Å². The van der Waals surface area contributed by atoms with Gasteiger partial charge in [0, 0.05) is 6.20 Å². The summed E-state index contributed by atoms with van der Waals surface area (Å²) in [5.41, 5.74) is 3.54. The van der Waals surface area contributed by atoms with Gasteiger partial charge >= 0.3 is 5.91 Å². The van der Waals surface area contributed by atoms with Gasteiger partial charge in [-0.15, -0.1) is 0 Å². The van der Waals surface area contributed by atoms with E-state index in [0.29, 0.717) is 64.6 Å². The van der Waals surface area contributed by atoms with Gasteiger partial charge in [-0.05, 0) is 81.6 Å². The van der Waals surface area contributed by atoms with E-state index >= 15 is 0 Å². The molecule has 0 bridgehead atoms. The Morgan fingerprint density at radius 3 is 2.49 bits per heavy atom. The van der Waals surface area contributed by atoms with E-state index < -0.39 is 17.7 Å². The van der Waals surface area contributed by atoms with Crippen LogP contribution in [0.5, 0.6) is 17.2 Å². The summed E-state index contributed by atoms with van der Waals surface area (Å²) in [7, 11) is 0. The number of ether oxygens (including phenoxy) is 3. The number of nitrogens with zero attached hydrogens (tertiary/aromatic N) is 4. The Balaban J connectivity index is 1.57. The number of Topliss-reactive ketones (excluding diaryl/α,β-unsaturated/α-hetero) is 1. The molecule has 10 nitrogen and oxygen atoms in total. The zero-order chi connectivity index (χ0) is 31.8. The molecule has 11 heteroatoms. The molecule has 3 aromatic heterocycles. The van der Waals surface area contributed by atoms with Crippen molar-refractivity contribution in [1.29, 1.82) is 0 Å². The van der Waals surface area contributed by atoms with Gasteiger partial charge in [0.05, 0.1) is 47.3 Å². The van der Waals surface area contributed by atoms with Crippen molar-refractivity contribution in [1.82, 2.24) is 14.4 Å². The van der Waals surface area contributed by atoms with E-state index in [2.05, 4.69) is 0 Å². The van der Waals surface area contributed by atoms with Crippen molar-refractivity contribution in [3.8, 4) is 17.2 Å². The molecule has 0 saturated carbocycles. The van der Waals surface area contributed by atoms with Crippen molar-refractivity contribution in [2.45, 2.75) is 47.1 Å². The summed E-state index contributed by atoms with van der Waals surface area (Å²) in [6.45, 7) is 10.9. The van der Waals surface area contributed by atoms with Crippen molar-refractivity contribution in [2.24, 2.45) is 0 Å². The van der Waals surface area contributed by atoms with E-state index in [1.165, 1.54) is 16.2 Å². The van der Waals surface area contributed by atoms with Gasteiger partial charge in [-0.3, -0.25) is 14.5 Å². The summed E-state index contributed by atoms with van der Waals surface area (Å²) in [5.74, 6) is -0.281. The van der Waals surface area contributed by atoms with Crippen LogP contribution in [0.4, 0.5) is 5.13 Å². The van der Waals surface area contributed by atoms with Crippen molar-refractivity contribution in [2.75, 3.05) is 24.7 Å². The van der Waals surface area contributed by atoms with E-state index in [1.807, 2.05) is 75.5 Å². The summed E-state index contributed by atoms with van der Waals surface area (Å²) >= 11 is 1.27. The summed E-state index contributed by atoms with van der Waals surface area (Å²) in [6, 6.07) is 13.6. The lowest BCUT2D eigenvalue weighted by Crippen LogP contribution is -2.29. The molecule has 1 aliphatic rings. The largest absolute Gasteiger partial charge is 0.505 e. The van der Waals surface area contributed by atoms with Gasteiger partial charge in [0.1, 0.15) is 17.1 Å². The highest BCUT2D eigenvalue weighted by atomic mass is 32.1. The molecule has 1 saturated heterocycles. The number of imidazole rings is 1. The fourth-order valence-corrected chi connectivity index (χ4v) is 6.59. The molecule has 1 amide bonds. The second-order valence-electron chi connectivity index (χ2n) is 10.6. The molecule has 1 atom stereocenters. The average molecular weight is 627 g/mol. The number of fused-ring (bicyclic) bond motifs is 2. The number of hydrogen-bond acceptors (Lipinski definition) is 9. The predicted octanol–water partition coefficient (Wildman–Crippen LogP) is 6.77. The third-order valence-electron chi connectivity index (χ3n) is 7.66. The predicted molar refractivity (Wildman–Crippen MR) is 174 cm³/mol. The Bertz CT molecular complexity index is 1980. The maximum Gasteiger partial charge on any atom is 0.301 e. The number of pyridine rings is 1. The summed E-state index contributed by atoms with van der Waals surface area (Å²) < 4.78 is 20.2. The first-order valence-electron chi connectivity index (χ1n) is 15.0. The first-order chi connectivity index (χ1) is 21.8. The molecule has 1 fully saturated rings. The van der Waals surface area contributed by atoms with E-state index in [1.54, 1.807) is 18.2 Å². The average Bonchev–Trinajstić information content (AvgIpc) is 3.68. The van der Waals surface area contributed by atoms with Gasteiger partial charge in [0.2, 0.25) is 0 Å². The number of thiazole rings is 1. The maximum atomic E-state index is 13.9. The number of anilines is 1. The fourth-order valence-electron chi connectivity index (χ4n) is 5.57. The number of carbonyl (C=O) groups excluding carboxylic acids is 2. The van der Waals surface area contributed by atoms with E-state index in [0.717, 1.165) is 16.7 Å². The van der Waals surface area contributed by atoms with Gasteiger partial charge in [-0.2, -0.15) is 0 Å². The minimum Gasteiger partial charge on any atom is -0.505 e. The zero-order valence-electron chi connectivity index (χ0n) is 25.8. The summed E-state index contributed by atoms with van der Waals surface area (Å²) in [4.78, 5) is 38.6. The molecule has 2 aromatic carbocycles. The molecule has 1 aliphatic heterocycles. The van der Waals surface area contributed by atoms with Gasteiger partial charge < -0.3 is 23.7 Å².